The maximum absolute atomic E-state index is 3.77. The van der Waals surface area contributed by atoms with Crippen LogP contribution in [0.25, 0.3) is 11.1 Å². The molecule has 0 heterocycles. The zero-order valence-electron chi connectivity index (χ0n) is 8.18. The Morgan fingerprint density at radius 3 is 2.44 bits per heavy atom. The van der Waals surface area contributed by atoms with Gasteiger partial charge in [0.15, 0.2) is 0 Å². The van der Waals surface area contributed by atoms with Crippen LogP contribution in [0.15, 0.2) is 45.3 Å². The smallest absolute Gasteiger partial charge is 0.0668 e. The average Bonchev–Trinajstić information content (AvgIpc) is 2.59. The third-order valence-corrected chi connectivity index (χ3v) is 5.91. The molecule has 16 heavy (non-hydrogen) atoms. The highest BCUT2D eigenvalue weighted by Crippen LogP contribution is 2.51. The van der Waals surface area contributed by atoms with Gasteiger partial charge in [0.25, 0.3) is 0 Å². The van der Waals surface area contributed by atoms with Crippen molar-refractivity contribution in [3.8, 4) is 11.1 Å². The largest absolute Gasteiger partial charge is 0.0786 e. The fourth-order valence-corrected chi connectivity index (χ4v) is 4.27. The Bertz CT molecular complexity index is 575. The maximum Gasteiger partial charge on any atom is 0.0668 e. The molecule has 2 aromatic rings. The molecule has 80 valence electrons. The van der Waals surface area contributed by atoms with Gasteiger partial charge in [-0.25, -0.2) is 0 Å². The van der Waals surface area contributed by atoms with Crippen LogP contribution in [0.4, 0.5) is 0 Å². The molecule has 0 nitrogen and oxygen atoms in total. The van der Waals surface area contributed by atoms with E-state index in [1.165, 1.54) is 22.3 Å². The summed E-state index contributed by atoms with van der Waals surface area (Å²) < 4.78 is 2.24. The highest BCUT2D eigenvalue weighted by Gasteiger charge is 2.28. The van der Waals surface area contributed by atoms with Crippen LogP contribution in [-0.2, 0) is 0 Å². The molecule has 1 atom stereocenters. The predicted octanol–water partition coefficient (Wildman–Crippen LogP) is 5.68. The standard InChI is InChI=1S/C13H7Br3/c14-10-6-5-8-7-3-1-2-4-9(7)12(15)11(8)13(10)16/h1-6,12H. The minimum atomic E-state index is 0.283. The van der Waals surface area contributed by atoms with Gasteiger partial charge in [0.1, 0.15) is 0 Å². The average molecular weight is 403 g/mol. The van der Waals surface area contributed by atoms with Crippen LogP contribution in [0.5, 0.6) is 0 Å². The summed E-state index contributed by atoms with van der Waals surface area (Å²) in [5.41, 5.74) is 5.30. The van der Waals surface area contributed by atoms with Gasteiger partial charge in [0.2, 0.25) is 0 Å². The molecule has 1 aliphatic carbocycles. The van der Waals surface area contributed by atoms with Gasteiger partial charge in [-0.2, -0.15) is 0 Å². The molecular formula is C13H7Br3. The highest BCUT2D eigenvalue weighted by molar-refractivity contribution is 9.13. The first-order chi connectivity index (χ1) is 7.70. The lowest BCUT2D eigenvalue weighted by molar-refractivity contribution is 1.22. The molecule has 0 aromatic heterocycles. The molecule has 0 bridgehead atoms. The lowest BCUT2D eigenvalue weighted by Gasteiger charge is -2.08. The van der Waals surface area contributed by atoms with E-state index in [0.717, 1.165) is 8.95 Å². The van der Waals surface area contributed by atoms with Crippen LogP contribution in [-0.4, -0.2) is 0 Å². The Morgan fingerprint density at radius 1 is 0.875 bits per heavy atom. The summed E-state index contributed by atoms with van der Waals surface area (Å²) in [5, 5.41) is 0. The van der Waals surface area contributed by atoms with Crippen molar-refractivity contribution in [3.05, 3.63) is 56.5 Å². The van der Waals surface area contributed by atoms with Crippen LogP contribution in [0, 0.1) is 0 Å². The number of fused-ring (bicyclic) bond motifs is 3. The van der Waals surface area contributed by atoms with E-state index in [9.17, 15) is 0 Å². The van der Waals surface area contributed by atoms with E-state index >= 15 is 0 Å². The molecule has 0 saturated heterocycles. The summed E-state index contributed by atoms with van der Waals surface area (Å²) >= 11 is 11.0. The second kappa shape index (κ2) is 3.97. The molecule has 2 aromatic carbocycles. The lowest BCUT2D eigenvalue weighted by Crippen LogP contribution is -1.87. The maximum atomic E-state index is 3.77. The minimum absolute atomic E-state index is 0.283. The summed E-state index contributed by atoms with van der Waals surface area (Å²) in [5.74, 6) is 0. The quantitative estimate of drug-likeness (QED) is 0.497. The highest BCUT2D eigenvalue weighted by atomic mass is 79.9. The fourth-order valence-electron chi connectivity index (χ4n) is 2.17. The molecule has 3 rings (SSSR count). The van der Waals surface area contributed by atoms with E-state index < -0.39 is 0 Å². The molecule has 0 N–H and O–H groups in total. The van der Waals surface area contributed by atoms with Gasteiger partial charge in [-0.1, -0.05) is 46.3 Å². The molecule has 0 amide bonds. The second-order valence-electron chi connectivity index (χ2n) is 3.77. The molecule has 1 unspecified atom stereocenters. The van der Waals surface area contributed by atoms with Gasteiger partial charge >= 0.3 is 0 Å². The van der Waals surface area contributed by atoms with E-state index in [-0.39, 0.29) is 4.83 Å². The van der Waals surface area contributed by atoms with E-state index in [1.54, 1.807) is 0 Å². The van der Waals surface area contributed by atoms with Crippen LogP contribution in [0.2, 0.25) is 0 Å². The summed E-state index contributed by atoms with van der Waals surface area (Å²) in [7, 11) is 0. The van der Waals surface area contributed by atoms with Crippen molar-refractivity contribution in [2.75, 3.05) is 0 Å². The van der Waals surface area contributed by atoms with Crippen molar-refractivity contribution < 1.29 is 0 Å². The van der Waals surface area contributed by atoms with Gasteiger partial charge in [0, 0.05) is 8.95 Å². The van der Waals surface area contributed by atoms with Crippen LogP contribution in [0.1, 0.15) is 16.0 Å². The predicted molar refractivity (Wildman–Crippen MR) is 78.0 cm³/mol. The first kappa shape index (κ1) is 11.0. The van der Waals surface area contributed by atoms with Crippen LogP contribution >= 0.6 is 47.8 Å². The van der Waals surface area contributed by atoms with Crippen LogP contribution in [0.3, 0.4) is 0 Å². The van der Waals surface area contributed by atoms with Gasteiger partial charge in [-0.3, -0.25) is 0 Å². The number of benzene rings is 2. The van der Waals surface area contributed by atoms with Crippen molar-refractivity contribution in [2.45, 2.75) is 4.83 Å². The summed E-state index contributed by atoms with van der Waals surface area (Å²) in [6.07, 6.45) is 0. The number of rotatable bonds is 0. The van der Waals surface area contributed by atoms with E-state index in [1.807, 2.05) is 0 Å². The van der Waals surface area contributed by atoms with Gasteiger partial charge in [0.05, 0.1) is 4.83 Å². The minimum Gasteiger partial charge on any atom is -0.0786 e. The number of hydrogen-bond acceptors (Lipinski definition) is 0. The van der Waals surface area contributed by atoms with Crippen molar-refractivity contribution in [1.82, 2.24) is 0 Å². The van der Waals surface area contributed by atoms with Crippen LogP contribution < -0.4 is 0 Å². The summed E-state index contributed by atoms with van der Waals surface area (Å²) in [4.78, 5) is 0.283. The third kappa shape index (κ3) is 1.45. The fraction of sp³-hybridized carbons (Fsp3) is 0.0769. The Kier molecular flexibility index (Phi) is 2.73. The number of halogens is 3. The first-order valence-electron chi connectivity index (χ1n) is 4.91. The Balaban J connectivity index is 2.37. The first-order valence-corrected chi connectivity index (χ1v) is 7.41. The van der Waals surface area contributed by atoms with Gasteiger partial charge in [-0.15, -0.1) is 0 Å². The zero-order valence-corrected chi connectivity index (χ0v) is 12.9. The normalized spacial score (nSPS) is 17.1. The molecular weight excluding hydrogens is 396 g/mol. The monoisotopic (exact) mass is 400 g/mol. The van der Waals surface area contributed by atoms with Crippen molar-refractivity contribution in [3.63, 3.8) is 0 Å². The third-order valence-electron chi connectivity index (χ3n) is 2.91. The molecule has 3 heteroatoms. The topological polar surface area (TPSA) is 0 Å². The molecule has 0 saturated carbocycles. The Morgan fingerprint density at radius 2 is 1.62 bits per heavy atom. The van der Waals surface area contributed by atoms with E-state index in [2.05, 4.69) is 84.2 Å². The van der Waals surface area contributed by atoms with E-state index in [4.69, 9.17) is 0 Å². The molecule has 0 spiro atoms. The van der Waals surface area contributed by atoms with Gasteiger partial charge < -0.3 is 0 Å². The number of alkyl halides is 1. The SMILES string of the molecule is Brc1ccc2c(c1Br)C(Br)c1ccccc1-2. The molecule has 0 radical (unpaired) electrons. The second-order valence-corrected chi connectivity index (χ2v) is 6.34. The molecule has 0 aliphatic heterocycles. The lowest BCUT2D eigenvalue weighted by atomic mass is 10.1. The van der Waals surface area contributed by atoms with E-state index in [0.29, 0.717) is 0 Å². The van der Waals surface area contributed by atoms with Crippen molar-refractivity contribution >= 4 is 47.8 Å². The Labute approximate surface area is 119 Å². The molecule has 0 fully saturated rings. The number of hydrogen-bond donors (Lipinski definition) is 0. The summed E-state index contributed by atoms with van der Waals surface area (Å²) in [6.45, 7) is 0. The molecule has 1 aliphatic rings. The summed E-state index contributed by atoms with van der Waals surface area (Å²) in [6, 6.07) is 12.8. The Hall–Kier alpha value is -0.120. The zero-order chi connectivity index (χ0) is 11.3. The van der Waals surface area contributed by atoms with Crippen molar-refractivity contribution in [2.24, 2.45) is 0 Å². The van der Waals surface area contributed by atoms with Gasteiger partial charge in [-0.05, 0) is 60.2 Å². The van der Waals surface area contributed by atoms with Crippen molar-refractivity contribution in [1.29, 1.82) is 0 Å².